The molecular formula is C17H20N2O3S2. The van der Waals surface area contributed by atoms with Crippen LogP contribution in [0.4, 0.5) is 0 Å². The average molecular weight is 364 g/mol. The fourth-order valence-corrected chi connectivity index (χ4v) is 3.77. The first-order valence-corrected chi connectivity index (χ1v) is 9.90. The van der Waals surface area contributed by atoms with E-state index in [9.17, 15) is 4.79 Å². The smallest absolute Gasteiger partial charge is 0.271 e. The summed E-state index contributed by atoms with van der Waals surface area (Å²) in [6.45, 7) is 1.65. The van der Waals surface area contributed by atoms with Crippen molar-refractivity contribution in [2.45, 2.75) is 29.5 Å². The van der Waals surface area contributed by atoms with E-state index in [0.717, 1.165) is 16.3 Å². The summed E-state index contributed by atoms with van der Waals surface area (Å²) in [7, 11) is 0. The molecule has 0 bridgehead atoms. The van der Waals surface area contributed by atoms with Gasteiger partial charge in [0, 0.05) is 12.0 Å². The molecule has 0 spiro atoms. The molecule has 24 heavy (non-hydrogen) atoms. The highest BCUT2D eigenvalue weighted by Gasteiger charge is 2.28. The van der Waals surface area contributed by atoms with E-state index < -0.39 is 0 Å². The van der Waals surface area contributed by atoms with E-state index in [2.05, 4.69) is 10.3 Å². The number of thiazole rings is 1. The molecule has 0 unspecified atom stereocenters. The molecule has 0 radical (unpaired) electrons. The summed E-state index contributed by atoms with van der Waals surface area (Å²) in [5, 5.41) is 4.79. The van der Waals surface area contributed by atoms with Gasteiger partial charge < -0.3 is 14.8 Å². The fraction of sp³-hybridized carbons (Fsp3) is 0.412. The van der Waals surface area contributed by atoms with Crippen LogP contribution in [0.25, 0.3) is 0 Å². The molecule has 5 nitrogen and oxygen atoms in total. The summed E-state index contributed by atoms with van der Waals surface area (Å²) in [4.78, 5) is 16.7. The first kappa shape index (κ1) is 17.4. The molecule has 7 heteroatoms. The first-order chi connectivity index (χ1) is 11.8. The molecule has 1 aliphatic heterocycles. The molecule has 1 aromatic heterocycles. The molecule has 2 atom stereocenters. The van der Waals surface area contributed by atoms with Crippen LogP contribution in [0.15, 0.2) is 40.1 Å². The van der Waals surface area contributed by atoms with Crippen molar-refractivity contribution in [3.63, 3.8) is 0 Å². The molecule has 1 aliphatic rings. The molecular weight excluding hydrogens is 344 g/mol. The molecule has 1 fully saturated rings. The Morgan fingerprint density at radius 2 is 2.29 bits per heavy atom. The number of hydrogen-bond acceptors (Lipinski definition) is 6. The molecule has 2 heterocycles. The van der Waals surface area contributed by atoms with E-state index in [-0.39, 0.29) is 18.1 Å². The summed E-state index contributed by atoms with van der Waals surface area (Å²) in [6, 6.07) is 9.88. The van der Waals surface area contributed by atoms with Crippen LogP contribution < -0.4 is 5.32 Å². The number of nitrogens with one attached hydrogen (secondary N) is 1. The lowest BCUT2D eigenvalue weighted by Crippen LogP contribution is -2.50. The van der Waals surface area contributed by atoms with E-state index >= 15 is 0 Å². The number of nitrogens with zero attached hydrogens (tertiary/aromatic N) is 1. The number of benzene rings is 1. The van der Waals surface area contributed by atoms with Crippen LogP contribution in [0, 0.1) is 0 Å². The van der Waals surface area contributed by atoms with Gasteiger partial charge in [-0.05, 0) is 18.2 Å². The quantitative estimate of drug-likeness (QED) is 0.799. The van der Waals surface area contributed by atoms with E-state index in [1.807, 2.05) is 36.6 Å². The Hall–Kier alpha value is -1.41. The number of rotatable bonds is 6. The second-order valence-corrected chi connectivity index (χ2v) is 7.39. The molecule has 0 saturated carbocycles. The summed E-state index contributed by atoms with van der Waals surface area (Å²) < 4.78 is 12.4. The highest BCUT2D eigenvalue weighted by Crippen LogP contribution is 2.20. The highest BCUT2D eigenvalue weighted by molar-refractivity contribution is 8.00. The number of carbonyl (C=O) groups is 1. The number of amides is 1. The predicted molar refractivity (Wildman–Crippen MR) is 95.6 cm³/mol. The Kier molecular flexibility index (Phi) is 6.25. The zero-order chi connectivity index (χ0) is 16.8. The summed E-state index contributed by atoms with van der Waals surface area (Å²) >= 11 is 3.01. The average Bonchev–Trinajstić information content (AvgIpc) is 3.11. The van der Waals surface area contributed by atoms with E-state index in [4.69, 9.17) is 9.47 Å². The third kappa shape index (κ3) is 4.57. The number of hydrogen-bond donors (Lipinski definition) is 1. The van der Waals surface area contributed by atoms with Crippen LogP contribution in [0.3, 0.4) is 0 Å². The Bertz CT molecular complexity index is 663. The van der Waals surface area contributed by atoms with Gasteiger partial charge in [-0.1, -0.05) is 42.1 Å². The van der Waals surface area contributed by atoms with Crippen molar-refractivity contribution < 1.29 is 14.3 Å². The Labute approximate surface area is 149 Å². The van der Waals surface area contributed by atoms with Crippen molar-refractivity contribution in [2.75, 3.05) is 19.5 Å². The largest absolute Gasteiger partial charge is 0.379 e. The topological polar surface area (TPSA) is 60.5 Å². The van der Waals surface area contributed by atoms with Gasteiger partial charge in [-0.25, -0.2) is 4.98 Å². The lowest BCUT2D eigenvalue weighted by molar-refractivity contribution is -0.0605. The Morgan fingerprint density at radius 1 is 1.46 bits per heavy atom. The lowest BCUT2D eigenvalue weighted by Gasteiger charge is -2.32. The van der Waals surface area contributed by atoms with Gasteiger partial charge in [0.25, 0.3) is 5.91 Å². The molecule has 128 valence electrons. The van der Waals surface area contributed by atoms with Crippen LogP contribution in [0.1, 0.15) is 22.5 Å². The van der Waals surface area contributed by atoms with Crippen LogP contribution in [-0.2, 0) is 16.1 Å². The Morgan fingerprint density at radius 3 is 3.04 bits per heavy atom. The van der Waals surface area contributed by atoms with Crippen LogP contribution >= 0.6 is 23.1 Å². The second-order valence-electron chi connectivity index (χ2n) is 5.48. The third-order valence-corrected chi connectivity index (χ3v) is 5.67. The summed E-state index contributed by atoms with van der Waals surface area (Å²) in [6.07, 6.45) is 2.66. The zero-order valence-electron chi connectivity index (χ0n) is 13.4. The van der Waals surface area contributed by atoms with Crippen LogP contribution in [0.5, 0.6) is 0 Å². The van der Waals surface area contributed by atoms with Gasteiger partial charge in [0.1, 0.15) is 10.0 Å². The number of aromatic nitrogens is 1. The van der Waals surface area contributed by atoms with Gasteiger partial charge in [0.2, 0.25) is 0 Å². The standard InChI is InChI=1S/C17H20N2O3S2/c1-23-17-19-14(11-24-17)16(20)18-13-10-21-8-7-15(13)22-9-12-5-3-2-4-6-12/h2-6,11,13,15H,7-10H2,1H3,(H,18,20)/t13-,15+/m1/s1. The van der Waals surface area contributed by atoms with Crippen molar-refractivity contribution >= 4 is 29.0 Å². The van der Waals surface area contributed by atoms with Crippen molar-refractivity contribution in [3.05, 3.63) is 47.0 Å². The predicted octanol–water partition coefficient (Wildman–Crippen LogP) is 2.97. The first-order valence-electron chi connectivity index (χ1n) is 7.80. The zero-order valence-corrected chi connectivity index (χ0v) is 15.1. The number of carbonyl (C=O) groups excluding carboxylic acids is 1. The molecule has 2 aromatic rings. The van der Waals surface area contributed by atoms with Crippen molar-refractivity contribution in [1.29, 1.82) is 0 Å². The maximum Gasteiger partial charge on any atom is 0.271 e. The molecule has 0 aliphatic carbocycles. The fourth-order valence-electron chi connectivity index (χ4n) is 2.53. The van der Waals surface area contributed by atoms with Gasteiger partial charge in [-0.15, -0.1) is 11.3 Å². The van der Waals surface area contributed by atoms with E-state index in [0.29, 0.717) is 25.5 Å². The number of thioether (sulfide) groups is 1. The van der Waals surface area contributed by atoms with Crippen molar-refractivity contribution in [1.82, 2.24) is 10.3 Å². The monoisotopic (exact) mass is 364 g/mol. The summed E-state index contributed by atoms with van der Waals surface area (Å²) in [5.74, 6) is -0.171. The van der Waals surface area contributed by atoms with Crippen LogP contribution in [-0.4, -0.2) is 42.5 Å². The maximum absolute atomic E-state index is 12.4. The van der Waals surface area contributed by atoms with Gasteiger partial charge in [0.05, 0.1) is 25.4 Å². The maximum atomic E-state index is 12.4. The minimum Gasteiger partial charge on any atom is -0.379 e. The van der Waals surface area contributed by atoms with Gasteiger partial charge >= 0.3 is 0 Å². The van der Waals surface area contributed by atoms with Gasteiger partial charge in [0.15, 0.2) is 0 Å². The SMILES string of the molecule is CSc1nc(C(=O)N[C@@H]2COCC[C@@H]2OCc2ccccc2)cs1. The summed E-state index contributed by atoms with van der Waals surface area (Å²) in [5.41, 5.74) is 1.58. The third-order valence-electron chi connectivity index (χ3n) is 3.81. The molecule has 1 N–H and O–H groups in total. The minimum absolute atomic E-state index is 0.0541. The number of ether oxygens (including phenoxy) is 2. The molecule has 3 rings (SSSR count). The normalized spacial score (nSPS) is 20.7. The van der Waals surface area contributed by atoms with Gasteiger partial charge in [-0.2, -0.15) is 0 Å². The highest BCUT2D eigenvalue weighted by atomic mass is 32.2. The second kappa shape index (κ2) is 8.62. The van der Waals surface area contributed by atoms with Crippen LogP contribution in [0.2, 0.25) is 0 Å². The molecule has 1 saturated heterocycles. The molecule has 1 aromatic carbocycles. The van der Waals surface area contributed by atoms with Crippen molar-refractivity contribution in [2.24, 2.45) is 0 Å². The Balaban J connectivity index is 1.58. The van der Waals surface area contributed by atoms with Gasteiger partial charge in [-0.3, -0.25) is 4.79 Å². The van der Waals surface area contributed by atoms with E-state index in [1.54, 1.807) is 5.38 Å². The van der Waals surface area contributed by atoms with E-state index in [1.165, 1.54) is 23.1 Å². The van der Waals surface area contributed by atoms with Crippen molar-refractivity contribution in [3.8, 4) is 0 Å². The lowest BCUT2D eigenvalue weighted by atomic mass is 10.1. The minimum atomic E-state index is -0.171. The molecule has 1 amide bonds.